The van der Waals surface area contributed by atoms with Crippen molar-refractivity contribution < 1.29 is 9.53 Å². The molecule has 0 aliphatic carbocycles. The number of anilines is 1. The van der Waals surface area contributed by atoms with Gasteiger partial charge in [0, 0.05) is 16.3 Å². The first-order chi connectivity index (χ1) is 13.2. The van der Waals surface area contributed by atoms with E-state index in [0.717, 1.165) is 21.3 Å². The summed E-state index contributed by atoms with van der Waals surface area (Å²) in [7, 11) is 0. The summed E-state index contributed by atoms with van der Waals surface area (Å²) in [6, 6.07) is 14.8. The van der Waals surface area contributed by atoms with E-state index in [4.69, 9.17) is 16.3 Å². The third-order valence-corrected chi connectivity index (χ3v) is 5.89. The first-order valence-electron chi connectivity index (χ1n) is 8.39. The van der Waals surface area contributed by atoms with Crippen LogP contribution in [0.2, 0.25) is 5.02 Å². The number of rotatable bonds is 8. The normalized spacial score (nSPS) is 10.6. The van der Waals surface area contributed by atoms with Crippen LogP contribution < -0.4 is 10.1 Å². The first kappa shape index (κ1) is 19.7. The predicted molar refractivity (Wildman–Crippen MR) is 111 cm³/mol. The van der Waals surface area contributed by atoms with Gasteiger partial charge in [-0.05, 0) is 36.2 Å². The minimum atomic E-state index is -0.240. The third-order valence-electron chi connectivity index (χ3n) is 3.50. The number of carbonyl (C=O) groups excluding carboxylic acids is 1. The summed E-state index contributed by atoms with van der Waals surface area (Å²) in [6.45, 7) is 2.65. The monoisotopic (exact) mass is 419 g/mol. The van der Waals surface area contributed by atoms with Crippen LogP contribution >= 0.6 is 34.7 Å². The van der Waals surface area contributed by atoms with Crippen molar-refractivity contribution in [2.45, 2.75) is 23.4 Å². The second kappa shape index (κ2) is 9.73. The van der Waals surface area contributed by atoms with Crippen molar-refractivity contribution in [3.05, 3.63) is 64.7 Å². The molecule has 0 saturated carbocycles. The number of halogens is 1. The van der Waals surface area contributed by atoms with Crippen LogP contribution in [0.15, 0.2) is 52.9 Å². The average molecular weight is 420 g/mol. The van der Waals surface area contributed by atoms with E-state index in [9.17, 15) is 4.79 Å². The van der Waals surface area contributed by atoms with Gasteiger partial charge in [-0.15, -0.1) is 10.2 Å². The van der Waals surface area contributed by atoms with Gasteiger partial charge in [-0.3, -0.25) is 10.1 Å². The standard InChI is InChI=1S/C19H18ClN3O2S2/c1-2-10-25-15-8-5-7-13(11-15)17(24)21-18-22-23-19(27-18)26-12-14-6-3-4-9-16(14)20/h3-9,11H,2,10,12H2,1H3,(H,21,22,24). The van der Waals surface area contributed by atoms with Crippen molar-refractivity contribution in [2.24, 2.45) is 0 Å². The summed E-state index contributed by atoms with van der Waals surface area (Å²) in [5.74, 6) is 1.13. The van der Waals surface area contributed by atoms with E-state index in [1.165, 1.54) is 23.1 Å². The van der Waals surface area contributed by atoms with E-state index >= 15 is 0 Å². The Morgan fingerprint density at radius 1 is 1.22 bits per heavy atom. The SMILES string of the molecule is CCCOc1cccc(C(=O)Nc2nnc(SCc3ccccc3Cl)s2)c1. The molecule has 140 valence electrons. The molecule has 8 heteroatoms. The zero-order valence-electron chi connectivity index (χ0n) is 14.6. The number of hydrogen-bond acceptors (Lipinski definition) is 6. The second-order valence-corrected chi connectivity index (χ2v) is 8.19. The van der Waals surface area contributed by atoms with E-state index in [0.29, 0.717) is 28.8 Å². The van der Waals surface area contributed by atoms with Gasteiger partial charge in [-0.2, -0.15) is 0 Å². The maximum atomic E-state index is 12.4. The highest BCUT2D eigenvalue weighted by Crippen LogP contribution is 2.30. The van der Waals surface area contributed by atoms with Crippen LogP contribution in [0.3, 0.4) is 0 Å². The fourth-order valence-electron chi connectivity index (χ4n) is 2.19. The topological polar surface area (TPSA) is 64.1 Å². The molecular weight excluding hydrogens is 402 g/mol. The molecular formula is C19H18ClN3O2S2. The minimum absolute atomic E-state index is 0.240. The number of carbonyl (C=O) groups is 1. The van der Waals surface area contributed by atoms with Crippen LogP contribution in [0, 0.1) is 0 Å². The summed E-state index contributed by atoms with van der Waals surface area (Å²) >= 11 is 9.03. The molecule has 0 spiro atoms. The molecule has 27 heavy (non-hydrogen) atoms. The highest BCUT2D eigenvalue weighted by Gasteiger charge is 2.12. The van der Waals surface area contributed by atoms with Crippen molar-refractivity contribution in [3.63, 3.8) is 0 Å². The number of amides is 1. The molecule has 1 N–H and O–H groups in total. The fourth-order valence-corrected chi connectivity index (χ4v) is 4.22. The largest absolute Gasteiger partial charge is 0.494 e. The Balaban J connectivity index is 1.58. The van der Waals surface area contributed by atoms with Gasteiger partial charge in [-0.25, -0.2) is 0 Å². The van der Waals surface area contributed by atoms with Gasteiger partial charge in [0.2, 0.25) is 5.13 Å². The maximum absolute atomic E-state index is 12.4. The molecule has 0 bridgehead atoms. The number of benzene rings is 2. The number of hydrogen-bond donors (Lipinski definition) is 1. The Labute approximate surface area is 171 Å². The molecule has 0 atom stereocenters. The molecule has 0 unspecified atom stereocenters. The Hall–Kier alpha value is -2.09. The number of ether oxygens (including phenoxy) is 1. The molecule has 3 rings (SSSR count). The number of nitrogens with one attached hydrogen (secondary N) is 1. The molecule has 1 heterocycles. The smallest absolute Gasteiger partial charge is 0.257 e. The van der Waals surface area contributed by atoms with Gasteiger partial charge >= 0.3 is 0 Å². The zero-order chi connectivity index (χ0) is 19.1. The highest BCUT2D eigenvalue weighted by atomic mass is 35.5. The lowest BCUT2D eigenvalue weighted by molar-refractivity contribution is 0.102. The number of nitrogens with zero attached hydrogens (tertiary/aromatic N) is 2. The molecule has 0 radical (unpaired) electrons. The zero-order valence-corrected chi connectivity index (χ0v) is 17.0. The molecule has 1 amide bonds. The predicted octanol–water partition coefficient (Wildman–Crippen LogP) is 5.52. The quantitative estimate of drug-likeness (QED) is 0.384. The van der Waals surface area contributed by atoms with E-state index in [1.54, 1.807) is 18.2 Å². The van der Waals surface area contributed by atoms with E-state index in [2.05, 4.69) is 15.5 Å². The lowest BCUT2D eigenvalue weighted by Crippen LogP contribution is -2.11. The van der Waals surface area contributed by atoms with Crippen molar-refractivity contribution in [3.8, 4) is 5.75 Å². The number of thioether (sulfide) groups is 1. The van der Waals surface area contributed by atoms with Crippen molar-refractivity contribution in [1.82, 2.24) is 10.2 Å². The fraction of sp³-hybridized carbons (Fsp3) is 0.211. The number of aromatic nitrogens is 2. The van der Waals surface area contributed by atoms with Gasteiger partial charge in [0.1, 0.15) is 5.75 Å². The van der Waals surface area contributed by atoms with E-state index in [-0.39, 0.29) is 5.91 Å². The van der Waals surface area contributed by atoms with Crippen molar-refractivity contribution >= 4 is 45.7 Å². The van der Waals surface area contributed by atoms with Crippen LogP contribution in [0.25, 0.3) is 0 Å². The first-order valence-corrected chi connectivity index (χ1v) is 10.6. The second-order valence-electron chi connectivity index (χ2n) is 5.58. The van der Waals surface area contributed by atoms with Crippen LogP contribution in [0.4, 0.5) is 5.13 Å². The summed E-state index contributed by atoms with van der Waals surface area (Å²) in [5.41, 5.74) is 1.55. The lowest BCUT2D eigenvalue weighted by atomic mass is 10.2. The van der Waals surface area contributed by atoms with Crippen LogP contribution in [-0.4, -0.2) is 22.7 Å². The van der Waals surface area contributed by atoms with Crippen LogP contribution in [0.5, 0.6) is 5.75 Å². The molecule has 0 aliphatic heterocycles. The molecule has 5 nitrogen and oxygen atoms in total. The van der Waals surface area contributed by atoms with Crippen LogP contribution in [-0.2, 0) is 5.75 Å². The summed E-state index contributed by atoms with van der Waals surface area (Å²) in [6.07, 6.45) is 0.913. The van der Waals surface area contributed by atoms with Gasteiger partial charge in [0.05, 0.1) is 6.61 Å². The van der Waals surface area contributed by atoms with Gasteiger partial charge in [0.25, 0.3) is 5.91 Å². The Kier molecular flexibility index (Phi) is 7.09. The Bertz CT molecular complexity index is 917. The van der Waals surface area contributed by atoms with Gasteiger partial charge in [0.15, 0.2) is 4.34 Å². The average Bonchev–Trinajstić information content (AvgIpc) is 3.13. The molecule has 3 aromatic rings. The molecule has 0 fully saturated rings. The summed E-state index contributed by atoms with van der Waals surface area (Å²) in [5, 5.41) is 12.1. The van der Waals surface area contributed by atoms with E-state index < -0.39 is 0 Å². The van der Waals surface area contributed by atoms with Crippen molar-refractivity contribution in [2.75, 3.05) is 11.9 Å². The molecule has 1 aromatic heterocycles. The van der Waals surface area contributed by atoms with Gasteiger partial charge in [-0.1, -0.05) is 65.9 Å². The van der Waals surface area contributed by atoms with Gasteiger partial charge < -0.3 is 4.74 Å². The molecule has 0 saturated heterocycles. The highest BCUT2D eigenvalue weighted by molar-refractivity contribution is 8.00. The van der Waals surface area contributed by atoms with Crippen molar-refractivity contribution in [1.29, 1.82) is 0 Å². The summed E-state index contributed by atoms with van der Waals surface area (Å²) < 4.78 is 6.33. The molecule has 2 aromatic carbocycles. The molecule has 0 aliphatic rings. The third kappa shape index (κ3) is 5.69. The Morgan fingerprint density at radius 3 is 2.89 bits per heavy atom. The summed E-state index contributed by atoms with van der Waals surface area (Å²) in [4.78, 5) is 12.4. The van der Waals surface area contributed by atoms with E-state index in [1.807, 2.05) is 37.3 Å². The lowest BCUT2D eigenvalue weighted by Gasteiger charge is -2.06. The minimum Gasteiger partial charge on any atom is -0.494 e. The Morgan fingerprint density at radius 2 is 2.07 bits per heavy atom. The maximum Gasteiger partial charge on any atom is 0.257 e. The van der Waals surface area contributed by atoms with Crippen LogP contribution in [0.1, 0.15) is 29.3 Å².